The van der Waals surface area contributed by atoms with Crippen LogP contribution in [0.5, 0.6) is 11.5 Å². The zero-order valence-electron chi connectivity index (χ0n) is 18.1. The molecule has 0 radical (unpaired) electrons. The van der Waals surface area contributed by atoms with Crippen LogP contribution in [0.25, 0.3) is 0 Å². The molecule has 0 saturated heterocycles. The molecule has 1 atom stereocenters. The molecule has 168 valence electrons. The van der Waals surface area contributed by atoms with E-state index >= 15 is 0 Å². The first-order valence-corrected chi connectivity index (χ1v) is 10.7. The molecule has 1 aliphatic rings. The molecular formula is C23H25N3O5S. The smallest absolute Gasteiger partial charge is 0.315 e. The van der Waals surface area contributed by atoms with Crippen LogP contribution in [0.4, 0.5) is 5.69 Å². The van der Waals surface area contributed by atoms with E-state index in [0.29, 0.717) is 34.1 Å². The first-order chi connectivity index (χ1) is 15.3. The molecule has 1 unspecified atom stereocenters. The lowest BCUT2D eigenvalue weighted by molar-refractivity contribution is -0.386. The molecule has 0 fully saturated rings. The number of ether oxygens (including phenoxy) is 1. The molecule has 0 saturated carbocycles. The quantitative estimate of drug-likeness (QED) is 0.260. The van der Waals surface area contributed by atoms with Gasteiger partial charge < -0.3 is 20.1 Å². The Bertz CT molecular complexity index is 1080. The largest absolute Gasteiger partial charge is 0.500 e. The van der Waals surface area contributed by atoms with E-state index in [-0.39, 0.29) is 18.1 Å². The monoisotopic (exact) mass is 455 g/mol. The number of nitrogens with zero attached hydrogens (tertiary/aromatic N) is 2. The van der Waals surface area contributed by atoms with Crippen LogP contribution in [0.3, 0.4) is 0 Å². The second-order valence-corrected chi connectivity index (χ2v) is 7.69. The van der Waals surface area contributed by atoms with E-state index in [1.165, 1.54) is 12.1 Å². The van der Waals surface area contributed by atoms with Crippen LogP contribution in [-0.4, -0.2) is 39.0 Å². The fraction of sp³-hybridized carbons (Fsp3) is 0.304. The zero-order valence-corrected chi connectivity index (χ0v) is 18.9. The predicted molar refractivity (Wildman–Crippen MR) is 125 cm³/mol. The van der Waals surface area contributed by atoms with Crippen molar-refractivity contribution in [3.63, 3.8) is 0 Å². The van der Waals surface area contributed by atoms with Crippen molar-refractivity contribution in [2.45, 2.75) is 33.2 Å². The average Bonchev–Trinajstić information content (AvgIpc) is 2.77. The third-order valence-electron chi connectivity index (χ3n) is 5.23. The van der Waals surface area contributed by atoms with Gasteiger partial charge in [-0.2, -0.15) is 0 Å². The van der Waals surface area contributed by atoms with Gasteiger partial charge in [0.1, 0.15) is 0 Å². The van der Waals surface area contributed by atoms with Gasteiger partial charge in [-0.05, 0) is 44.1 Å². The van der Waals surface area contributed by atoms with E-state index < -0.39 is 22.4 Å². The van der Waals surface area contributed by atoms with Crippen molar-refractivity contribution in [2.24, 2.45) is 0 Å². The summed E-state index contributed by atoms with van der Waals surface area (Å²) in [6, 6.07) is 10.8. The lowest BCUT2D eigenvalue weighted by Gasteiger charge is -2.38. The predicted octanol–water partition coefficient (Wildman–Crippen LogP) is 4.50. The number of carbonyl (C=O) groups excluding carboxylic acids is 1. The first-order valence-electron chi connectivity index (χ1n) is 10.3. The molecule has 2 aromatic rings. The maximum atomic E-state index is 13.6. The standard InChI is InChI=1S/C23H25N3O5S/c1-4-11-25-14(3)19(21(27)15-9-7-6-8-10-15)20(24-23(25)32)16-12-17(26(29)30)22(28)18(13-16)31-5-2/h6-10,12-13,20,28H,4-5,11H2,1-3H3,(H,24,32). The maximum Gasteiger partial charge on any atom is 0.315 e. The summed E-state index contributed by atoms with van der Waals surface area (Å²) >= 11 is 5.55. The van der Waals surface area contributed by atoms with Gasteiger partial charge in [-0.15, -0.1) is 0 Å². The Morgan fingerprint density at radius 3 is 2.56 bits per heavy atom. The van der Waals surface area contributed by atoms with Crippen molar-refractivity contribution in [2.75, 3.05) is 13.2 Å². The Morgan fingerprint density at radius 2 is 1.97 bits per heavy atom. The number of benzene rings is 2. The number of nitrogens with one attached hydrogen (secondary N) is 1. The van der Waals surface area contributed by atoms with E-state index in [1.54, 1.807) is 31.2 Å². The highest BCUT2D eigenvalue weighted by atomic mass is 32.1. The minimum Gasteiger partial charge on any atom is -0.500 e. The third kappa shape index (κ3) is 4.43. The number of nitro benzene ring substituents is 1. The molecule has 0 aliphatic carbocycles. The highest BCUT2D eigenvalue weighted by Crippen LogP contribution is 2.42. The number of hydrogen-bond acceptors (Lipinski definition) is 6. The van der Waals surface area contributed by atoms with Gasteiger partial charge in [0, 0.05) is 29.4 Å². The number of nitro groups is 1. The molecule has 2 N–H and O–H groups in total. The molecule has 0 amide bonds. The summed E-state index contributed by atoms with van der Waals surface area (Å²) in [6.07, 6.45) is 0.815. The number of ketones is 1. The maximum absolute atomic E-state index is 13.6. The van der Waals surface area contributed by atoms with E-state index in [4.69, 9.17) is 17.0 Å². The number of phenols is 1. The number of aromatic hydroxyl groups is 1. The second-order valence-electron chi connectivity index (χ2n) is 7.31. The van der Waals surface area contributed by atoms with Crippen molar-refractivity contribution in [3.05, 3.63) is 75.0 Å². The van der Waals surface area contributed by atoms with Crippen molar-refractivity contribution < 1.29 is 19.6 Å². The lowest BCUT2D eigenvalue weighted by Crippen LogP contribution is -2.47. The van der Waals surface area contributed by atoms with Crippen molar-refractivity contribution in [3.8, 4) is 11.5 Å². The fourth-order valence-electron chi connectivity index (χ4n) is 3.75. The van der Waals surface area contributed by atoms with Gasteiger partial charge in [0.15, 0.2) is 16.6 Å². The average molecular weight is 456 g/mol. The number of rotatable bonds is 8. The van der Waals surface area contributed by atoms with Crippen LogP contribution >= 0.6 is 12.2 Å². The molecule has 1 aliphatic heterocycles. The Labute approximate surface area is 191 Å². The Morgan fingerprint density at radius 1 is 1.28 bits per heavy atom. The van der Waals surface area contributed by atoms with E-state index in [1.807, 2.05) is 24.8 Å². The van der Waals surface area contributed by atoms with E-state index in [0.717, 1.165) is 6.42 Å². The van der Waals surface area contributed by atoms with E-state index in [2.05, 4.69) is 5.32 Å². The highest BCUT2D eigenvalue weighted by molar-refractivity contribution is 7.80. The summed E-state index contributed by atoms with van der Waals surface area (Å²) in [7, 11) is 0. The first kappa shape index (κ1) is 23.2. The van der Waals surface area contributed by atoms with Crippen molar-refractivity contribution in [1.82, 2.24) is 10.2 Å². The summed E-state index contributed by atoms with van der Waals surface area (Å²) in [5.41, 5.74) is 1.51. The molecule has 32 heavy (non-hydrogen) atoms. The second kappa shape index (κ2) is 9.78. The van der Waals surface area contributed by atoms with Crippen LogP contribution < -0.4 is 10.1 Å². The molecule has 0 bridgehead atoms. The number of Topliss-reactive ketones (excluding diaryl/α,β-unsaturated/α-hetero) is 1. The topological polar surface area (TPSA) is 105 Å². The number of allylic oxidation sites excluding steroid dienone is 1. The number of carbonyl (C=O) groups is 1. The molecule has 2 aromatic carbocycles. The Kier molecular flexibility index (Phi) is 7.09. The summed E-state index contributed by atoms with van der Waals surface area (Å²) < 4.78 is 5.43. The van der Waals surface area contributed by atoms with Crippen LogP contribution in [0, 0.1) is 10.1 Å². The van der Waals surface area contributed by atoms with Crippen molar-refractivity contribution >= 4 is 28.8 Å². The van der Waals surface area contributed by atoms with E-state index in [9.17, 15) is 20.0 Å². The van der Waals surface area contributed by atoms with Crippen LogP contribution in [0.2, 0.25) is 0 Å². The minimum absolute atomic E-state index is 0.0235. The molecule has 0 spiro atoms. The Hall–Kier alpha value is -3.46. The van der Waals surface area contributed by atoms with Crippen LogP contribution in [-0.2, 0) is 0 Å². The van der Waals surface area contributed by atoms with Gasteiger partial charge in [-0.1, -0.05) is 37.3 Å². The van der Waals surface area contributed by atoms with Gasteiger partial charge in [0.25, 0.3) is 0 Å². The Balaban J connectivity index is 2.22. The molecule has 1 heterocycles. The number of hydrogen-bond donors (Lipinski definition) is 2. The van der Waals surface area contributed by atoms with Crippen LogP contribution in [0.1, 0.15) is 49.2 Å². The molecule has 9 heteroatoms. The van der Waals surface area contributed by atoms with Gasteiger partial charge in [0.2, 0.25) is 5.75 Å². The summed E-state index contributed by atoms with van der Waals surface area (Å²) in [6.45, 7) is 6.38. The molecular weight excluding hydrogens is 430 g/mol. The SMILES string of the molecule is CCCN1C(=S)NC(c2cc(OCC)c(O)c([N+](=O)[O-])c2)C(C(=O)c2ccccc2)=C1C. The lowest BCUT2D eigenvalue weighted by atomic mass is 9.88. The molecule has 3 rings (SSSR count). The number of thiocarbonyl (C=S) groups is 1. The number of phenolic OH excluding ortho intramolecular Hbond substituents is 1. The van der Waals surface area contributed by atoms with Gasteiger partial charge >= 0.3 is 5.69 Å². The van der Waals surface area contributed by atoms with Gasteiger partial charge in [0.05, 0.1) is 17.6 Å². The zero-order chi connectivity index (χ0) is 23.4. The summed E-state index contributed by atoms with van der Waals surface area (Å²) in [5.74, 6) is -0.786. The third-order valence-corrected chi connectivity index (χ3v) is 5.57. The normalized spacial score (nSPS) is 16.0. The van der Waals surface area contributed by atoms with Crippen LogP contribution in [0.15, 0.2) is 53.7 Å². The van der Waals surface area contributed by atoms with Gasteiger partial charge in [-0.3, -0.25) is 14.9 Å². The summed E-state index contributed by atoms with van der Waals surface area (Å²) in [5, 5.41) is 25.5. The van der Waals surface area contributed by atoms with Gasteiger partial charge in [-0.25, -0.2) is 0 Å². The summed E-state index contributed by atoms with van der Waals surface area (Å²) in [4.78, 5) is 26.3. The molecule has 0 aromatic heterocycles. The minimum atomic E-state index is -0.748. The molecule has 8 nitrogen and oxygen atoms in total. The fourth-order valence-corrected chi connectivity index (χ4v) is 4.09. The van der Waals surface area contributed by atoms with Crippen molar-refractivity contribution in [1.29, 1.82) is 0 Å². The highest BCUT2D eigenvalue weighted by Gasteiger charge is 2.35.